The Morgan fingerprint density at radius 1 is 1.55 bits per heavy atom. The van der Waals surface area contributed by atoms with Crippen LogP contribution in [-0.4, -0.2) is 24.8 Å². The van der Waals surface area contributed by atoms with Gasteiger partial charge in [-0.1, -0.05) is 0 Å². The molecule has 4 nitrogen and oxygen atoms in total. The van der Waals surface area contributed by atoms with E-state index in [-0.39, 0.29) is 24.2 Å². The molecule has 0 fully saturated rings. The topological polar surface area (TPSA) is 72.2 Å². The van der Waals surface area contributed by atoms with Crippen molar-refractivity contribution in [2.24, 2.45) is 5.73 Å². The van der Waals surface area contributed by atoms with E-state index in [1.54, 1.807) is 7.05 Å². The van der Waals surface area contributed by atoms with Crippen LogP contribution in [-0.2, 0) is 9.59 Å². The lowest BCUT2D eigenvalue weighted by Crippen LogP contribution is -2.33. The predicted octanol–water partition coefficient (Wildman–Crippen LogP) is -0.571. The van der Waals surface area contributed by atoms with Crippen LogP contribution in [0.2, 0.25) is 0 Å². The minimum Gasteiger partial charge on any atom is -0.370 e. The van der Waals surface area contributed by atoms with Crippen molar-refractivity contribution in [2.75, 3.05) is 7.05 Å². The number of hydrogen-bond acceptors (Lipinski definition) is 3. The van der Waals surface area contributed by atoms with Crippen molar-refractivity contribution >= 4 is 11.7 Å². The normalized spacial score (nSPS) is 12.5. The lowest BCUT2D eigenvalue weighted by Gasteiger charge is -2.10. The number of primary amides is 1. The summed E-state index contributed by atoms with van der Waals surface area (Å²) in [6, 6.07) is -0.234. The summed E-state index contributed by atoms with van der Waals surface area (Å²) >= 11 is 0. The van der Waals surface area contributed by atoms with Crippen molar-refractivity contribution in [1.29, 1.82) is 0 Å². The Labute approximate surface area is 66.1 Å². The number of nitrogens with two attached hydrogens (primary N) is 1. The molecule has 1 atom stereocenters. The number of Topliss-reactive ketones (excluding diaryl/α,β-unsaturated/α-hetero) is 1. The molecule has 0 heterocycles. The molecule has 0 aliphatic rings. The molecule has 0 aliphatic carbocycles. The summed E-state index contributed by atoms with van der Waals surface area (Å²) in [6.45, 7) is 1.49. The second-order valence-electron chi connectivity index (χ2n) is 2.46. The van der Waals surface area contributed by atoms with Gasteiger partial charge in [0.25, 0.3) is 0 Å². The minimum atomic E-state index is -0.369. The quantitative estimate of drug-likeness (QED) is 0.562. The average Bonchev–Trinajstić information content (AvgIpc) is 1.87. The first kappa shape index (κ1) is 10.1. The molecule has 0 rings (SSSR count). The van der Waals surface area contributed by atoms with Gasteiger partial charge in [0.1, 0.15) is 5.78 Å². The van der Waals surface area contributed by atoms with Gasteiger partial charge in [-0.3, -0.25) is 9.59 Å². The van der Waals surface area contributed by atoms with Crippen LogP contribution in [0.3, 0.4) is 0 Å². The van der Waals surface area contributed by atoms with Crippen molar-refractivity contribution in [2.45, 2.75) is 25.8 Å². The van der Waals surface area contributed by atoms with E-state index < -0.39 is 0 Å². The molecule has 11 heavy (non-hydrogen) atoms. The zero-order chi connectivity index (χ0) is 8.85. The maximum absolute atomic E-state index is 10.8. The fraction of sp³-hybridized carbons (Fsp3) is 0.714. The molecule has 0 unspecified atom stereocenters. The Bertz CT molecular complexity index is 157. The summed E-state index contributed by atoms with van der Waals surface area (Å²) in [5, 5.41) is 2.80. The van der Waals surface area contributed by atoms with E-state index >= 15 is 0 Å². The second kappa shape index (κ2) is 4.85. The summed E-state index contributed by atoms with van der Waals surface area (Å²) in [6.07, 6.45) is 0.742. The Kier molecular flexibility index (Phi) is 4.45. The molecule has 0 aromatic heterocycles. The van der Waals surface area contributed by atoms with Crippen LogP contribution in [0.4, 0.5) is 0 Å². The first-order valence-electron chi connectivity index (χ1n) is 3.54. The molecule has 0 aliphatic heterocycles. The molecule has 0 aromatic rings. The number of hydrogen-bond donors (Lipinski definition) is 2. The summed E-state index contributed by atoms with van der Waals surface area (Å²) in [5.41, 5.74) is 4.92. The summed E-state index contributed by atoms with van der Waals surface area (Å²) in [7, 11) is 1.69. The van der Waals surface area contributed by atoms with E-state index in [0.717, 1.165) is 0 Å². The Balaban J connectivity index is 3.70. The van der Waals surface area contributed by atoms with Crippen LogP contribution >= 0.6 is 0 Å². The number of amides is 1. The van der Waals surface area contributed by atoms with E-state index in [1.165, 1.54) is 6.92 Å². The van der Waals surface area contributed by atoms with Gasteiger partial charge in [-0.25, -0.2) is 0 Å². The summed E-state index contributed by atoms with van der Waals surface area (Å²) in [4.78, 5) is 21.1. The maximum Gasteiger partial charge on any atom is 0.217 e. The van der Waals surface area contributed by atoms with Crippen LogP contribution in [0.25, 0.3) is 0 Å². The third-order valence-electron chi connectivity index (χ3n) is 1.52. The standard InChI is InChI=1S/C7H14N2O2/c1-5(10)6(9-2)3-4-7(8)11/h6,9H,3-4H2,1-2H3,(H2,8,11)/t6-/m1/s1. The Morgan fingerprint density at radius 2 is 2.09 bits per heavy atom. The third-order valence-corrected chi connectivity index (χ3v) is 1.52. The van der Waals surface area contributed by atoms with Crippen molar-refractivity contribution in [3.05, 3.63) is 0 Å². The lowest BCUT2D eigenvalue weighted by molar-refractivity contribution is -0.120. The van der Waals surface area contributed by atoms with Gasteiger partial charge in [0.2, 0.25) is 5.91 Å². The number of nitrogens with one attached hydrogen (secondary N) is 1. The smallest absolute Gasteiger partial charge is 0.217 e. The van der Waals surface area contributed by atoms with E-state index in [9.17, 15) is 9.59 Å². The van der Waals surface area contributed by atoms with Gasteiger partial charge in [-0.15, -0.1) is 0 Å². The highest BCUT2D eigenvalue weighted by atomic mass is 16.1. The fourth-order valence-electron chi connectivity index (χ4n) is 0.837. The molecular formula is C7H14N2O2. The third kappa shape index (κ3) is 4.50. The van der Waals surface area contributed by atoms with Gasteiger partial charge in [-0.05, 0) is 20.4 Å². The van der Waals surface area contributed by atoms with Crippen LogP contribution < -0.4 is 11.1 Å². The molecule has 1 amide bonds. The summed E-state index contributed by atoms with van der Waals surface area (Å²) < 4.78 is 0. The zero-order valence-corrected chi connectivity index (χ0v) is 6.89. The van der Waals surface area contributed by atoms with E-state index in [4.69, 9.17) is 5.73 Å². The van der Waals surface area contributed by atoms with Gasteiger partial charge in [0, 0.05) is 6.42 Å². The number of carbonyl (C=O) groups is 2. The van der Waals surface area contributed by atoms with Crippen molar-refractivity contribution in [3.8, 4) is 0 Å². The number of rotatable bonds is 5. The fourth-order valence-corrected chi connectivity index (χ4v) is 0.837. The van der Waals surface area contributed by atoms with Gasteiger partial charge < -0.3 is 11.1 Å². The molecule has 64 valence electrons. The Morgan fingerprint density at radius 3 is 2.36 bits per heavy atom. The first-order chi connectivity index (χ1) is 5.07. The first-order valence-corrected chi connectivity index (χ1v) is 3.54. The van der Waals surface area contributed by atoms with Crippen LogP contribution in [0, 0.1) is 0 Å². The van der Waals surface area contributed by atoms with Gasteiger partial charge in [-0.2, -0.15) is 0 Å². The zero-order valence-electron chi connectivity index (χ0n) is 6.89. The van der Waals surface area contributed by atoms with Crippen LogP contribution in [0.1, 0.15) is 19.8 Å². The highest BCUT2D eigenvalue weighted by Crippen LogP contribution is 1.96. The van der Waals surface area contributed by atoms with E-state index in [0.29, 0.717) is 6.42 Å². The molecule has 0 saturated heterocycles. The molecule has 0 bridgehead atoms. The highest BCUT2D eigenvalue weighted by Gasteiger charge is 2.11. The number of ketones is 1. The van der Waals surface area contributed by atoms with Gasteiger partial charge in [0.05, 0.1) is 6.04 Å². The maximum atomic E-state index is 10.8. The minimum absolute atomic E-state index is 0.0359. The Hall–Kier alpha value is -0.900. The average molecular weight is 158 g/mol. The highest BCUT2D eigenvalue weighted by molar-refractivity contribution is 5.82. The van der Waals surface area contributed by atoms with Crippen LogP contribution in [0.15, 0.2) is 0 Å². The van der Waals surface area contributed by atoms with Crippen LogP contribution in [0.5, 0.6) is 0 Å². The molecule has 0 aromatic carbocycles. The van der Waals surface area contributed by atoms with E-state index in [1.807, 2.05) is 0 Å². The number of carbonyl (C=O) groups excluding carboxylic acids is 2. The van der Waals surface area contributed by atoms with Crippen molar-refractivity contribution in [1.82, 2.24) is 5.32 Å². The monoisotopic (exact) mass is 158 g/mol. The van der Waals surface area contributed by atoms with Gasteiger partial charge >= 0.3 is 0 Å². The molecule has 0 spiro atoms. The second-order valence-corrected chi connectivity index (χ2v) is 2.46. The van der Waals surface area contributed by atoms with Crippen molar-refractivity contribution in [3.63, 3.8) is 0 Å². The predicted molar refractivity (Wildman–Crippen MR) is 42.0 cm³/mol. The number of likely N-dealkylation sites (N-methyl/N-ethyl adjacent to an activating group) is 1. The SMILES string of the molecule is CN[C@H](CCC(N)=O)C(C)=O. The lowest BCUT2D eigenvalue weighted by atomic mass is 10.1. The molecule has 3 N–H and O–H groups in total. The van der Waals surface area contributed by atoms with E-state index in [2.05, 4.69) is 5.32 Å². The molecule has 0 radical (unpaired) electrons. The summed E-state index contributed by atoms with van der Waals surface area (Å²) in [5.74, 6) is -0.333. The molecular weight excluding hydrogens is 144 g/mol. The van der Waals surface area contributed by atoms with Crippen molar-refractivity contribution < 1.29 is 9.59 Å². The largest absolute Gasteiger partial charge is 0.370 e. The van der Waals surface area contributed by atoms with Gasteiger partial charge in [0.15, 0.2) is 0 Å². The molecule has 0 saturated carbocycles. The molecule has 4 heteroatoms.